The Morgan fingerprint density at radius 1 is 1.41 bits per heavy atom. The molecule has 88 valence electrons. The lowest BCUT2D eigenvalue weighted by Crippen LogP contribution is -2.05. The predicted octanol–water partition coefficient (Wildman–Crippen LogP) is 2.93. The highest BCUT2D eigenvalue weighted by molar-refractivity contribution is 7.99. The molecule has 0 aliphatic heterocycles. The Morgan fingerprint density at radius 3 is 2.88 bits per heavy atom. The van der Waals surface area contributed by atoms with E-state index in [-0.39, 0.29) is 11.3 Å². The Bertz CT molecular complexity index is 528. The van der Waals surface area contributed by atoms with Crippen LogP contribution in [0.4, 0.5) is 8.78 Å². The van der Waals surface area contributed by atoms with E-state index in [0.29, 0.717) is 11.3 Å². The standard InChI is InChI=1S/C11H7F2NO2S/c12-7-1-2-8(9(13)5-7)10(15)6-17-11-14-3-4-16-11/h1-5H,6H2. The van der Waals surface area contributed by atoms with Crippen LogP contribution in [0.5, 0.6) is 0 Å². The molecule has 0 saturated carbocycles. The molecule has 0 amide bonds. The number of benzene rings is 1. The fraction of sp³-hybridized carbons (Fsp3) is 0.0909. The van der Waals surface area contributed by atoms with Crippen LogP contribution in [0.3, 0.4) is 0 Å². The van der Waals surface area contributed by atoms with Gasteiger partial charge in [0.2, 0.25) is 0 Å². The van der Waals surface area contributed by atoms with Gasteiger partial charge in [-0.3, -0.25) is 4.79 Å². The Balaban J connectivity index is 2.04. The van der Waals surface area contributed by atoms with E-state index in [1.54, 1.807) is 0 Å². The summed E-state index contributed by atoms with van der Waals surface area (Å²) in [5.74, 6) is -2.02. The summed E-state index contributed by atoms with van der Waals surface area (Å²) < 4.78 is 30.8. The molecule has 0 aliphatic rings. The van der Waals surface area contributed by atoms with E-state index in [0.717, 1.165) is 23.9 Å². The van der Waals surface area contributed by atoms with Crippen LogP contribution in [-0.2, 0) is 0 Å². The summed E-state index contributed by atoms with van der Waals surface area (Å²) in [6.45, 7) is 0. The second kappa shape index (κ2) is 5.09. The molecule has 2 rings (SSSR count). The SMILES string of the molecule is O=C(CSc1ncco1)c1ccc(F)cc1F. The van der Waals surface area contributed by atoms with Gasteiger partial charge in [-0.05, 0) is 12.1 Å². The van der Waals surface area contributed by atoms with Crippen LogP contribution in [0.25, 0.3) is 0 Å². The van der Waals surface area contributed by atoms with E-state index < -0.39 is 17.4 Å². The van der Waals surface area contributed by atoms with E-state index in [1.807, 2.05) is 0 Å². The maximum absolute atomic E-state index is 13.3. The van der Waals surface area contributed by atoms with E-state index in [1.165, 1.54) is 12.5 Å². The third kappa shape index (κ3) is 2.91. The molecule has 0 aliphatic carbocycles. The number of halogens is 2. The van der Waals surface area contributed by atoms with Crippen molar-refractivity contribution in [2.24, 2.45) is 0 Å². The monoisotopic (exact) mass is 255 g/mol. The van der Waals surface area contributed by atoms with Gasteiger partial charge >= 0.3 is 0 Å². The molecule has 0 spiro atoms. The van der Waals surface area contributed by atoms with Crippen LogP contribution in [0.1, 0.15) is 10.4 Å². The fourth-order valence-electron chi connectivity index (χ4n) is 1.20. The molecule has 17 heavy (non-hydrogen) atoms. The summed E-state index contributed by atoms with van der Waals surface area (Å²) in [7, 11) is 0. The minimum Gasteiger partial charge on any atom is -0.440 e. The third-order valence-electron chi connectivity index (χ3n) is 1.97. The highest BCUT2D eigenvalue weighted by Gasteiger charge is 2.13. The Kier molecular flexibility index (Phi) is 3.53. The van der Waals surface area contributed by atoms with E-state index in [9.17, 15) is 13.6 Å². The van der Waals surface area contributed by atoms with Crippen molar-refractivity contribution in [2.45, 2.75) is 5.22 Å². The van der Waals surface area contributed by atoms with Crippen LogP contribution >= 0.6 is 11.8 Å². The van der Waals surface area contributed by atoms with E-state index in [4.69, 9.17) is 4.42 Å². The molecule has 0 N–H and O–H groups in total. The van der Waals surface area contributed by atoms with Gasteiger partial charge in [0.05, 0.1) is 17.5 Å². The van der Waals surface area contributed by atoms with Gasteiger partial charge < -0.3 is 4.42 Å². The van der Waals surface area contributed by atoms with Crippen molar-refractivity contribution in [2.75, 3.05) is 5.75 Å². The fourth-order valence-corrected chi connectivity index (χ4v) is 1.87. The number of carbonyl (C=O) groups is 1. The van der Waals surface area contributed by atoms with E-state index >= 15 is 0 Å². The smallest absolute Gasteiger partial charge is 0.255 e. The largest absolute Gasteiger partial charge is 0.440 e. The maximum atomic E-state index is 13.3. The van der Waals surface area contributed by atoms with Gasteiger partial charge in [0.1, 0.15) is 17.9 Å². The van der Waals surface area contributed by atoms with Crippen molar-refractivity contribution in [1.82, 2.24) is 4.98 Å². The number of carbonyl (C=O) groups excluding carboxylic acids is 1. The minimum atomic E-state index is -0.858. The first-order valence-electron chi connectivity index (χ1n) is 4.67. The number of thioether (sulfide) groups is 1. The summed E-state index contributed by atoms with van der Waals surface area (Å²) in [6.07, 6.45) is 2.83. The van der Waals surface area contributed by atoms with Crippen LogP contribution in [0, 0.1) is 11.6 Å². The lowest BCUT2D eigenvalue weighted by atomic mass is 10.1. The molecule has 1 aromatic heterocycles. The molecular weight excluding hydrogens is 248 g/mol. The molecule has 1 aromatic carbocycles. The normalized spacial score (nSPS) is 10.5. The number of hydrogen-bond acceptors (Lipinski definition) is 4. The third-order valence-corrected chi connectivity index (χ3v) is 2.82. The summed E-state index contributed by atoms with van der Waals surface area (Å²) in [5, 5.41) is 0.334. The molecule has 2 aromatic rings. The quantitative estimate of drug-likeness (QED) is 0.622. The van der Waals surface area contributed by atoms with Crippen molar-refractivity contribution in [3.8, 4) is 0 Å². The van der Waals surface area contributed by atoms with Crippen LogP contribution < -0.4 is 0 Å². The van der Waals surface area contributed by atoms with Crippen molar-refractivity contribution >= 4 is 17.5 Å². The van der Waals surface area contributed by atoms with Crippen molar-refractivity contribution in [1.29, 1.82) is 0 Å². The van der Waals surface area contributed by atoms with E-state index in [2.05, 4.69) is 4.98 Å². The van der Waals surface area contributed by atoms with Gasteiger partial charge in [0.15, 0.2) is 5.78 Å². The van der Waals surface area contributed by atoms with Gasteiger partial charge in [-0.2, -0.15) is 0 Å². The summed E-state index contributed by atoms with van der Waals surface area (Å²) in [4.78, 5) is 15.4. The summed E-state index contributed by atoms with van der Waals surface area (Å²) >= 11 is 1.06. The Labute approximate surface area is 99.8 Å². The van der Waals surface area contributed by atoms with Crippen molar-refractivity contribution < 1.29 is 18.0 Å². The van der Waals surface area contributed by atoms with Crippen LogP contribution in [0.2, 0.25) is 0 Å². The molecule has 3 nitrogen and oxygen atoms in total. The molecule has 0 radical (unpaired) electrons. The first kappa shape index (κ1) is 11.8. The molecule has 0 fully saturated rings. The molecular formula is C11H7F2NO2S. The van der Waals surface area contributed by atoms with Crippen molar-refractivity contribution in [3.05, 3.63) is 47.9 Å². The summed E-state index contributed by atoms with van der Waals surface area (Å²) in [5.41, 5.74) is -0.134. The van der Waals surface area contributed by atoms with Crippen LogP contribution in [-0.4, -0.2) is 16.5 Å². The van der Waals surface area contributed by atoms with Gasteiger partial charge in [-0.1, -0.05) is 11.8 Å². The number of rotatable bonds is 4. The Hall–Kier alpha value is -1.69. The average molecular weight is 255 g/mol. The first-order chi connectivity index (χ1) is 8.16. The van der Waals surface area contributed by atoms with Gasteiger partial charge in [0.25, 0.3) is 5.22 Å². The van der Waals surface area contributed by atoms with Crippen LogP contribution in [0.15, 0.2) is 40.3 Å². The number of nitrogens with zero attached hydrogens (tertiary/aromatic N) is 1. The number of Topliss-reactive ketones (excluding diaryl/α,β-unsaturated/α-hetero) is 1. The highest BCUT2D eigenvalue weighted by Crippen LogP contribution is 2.18. The van der Waals surface area contributed by atoms with Crippen molar-refractivity contribution in [3.63, 3.8) is 0 Å². The zero-order valence-electron chi connectivity index (χ0n) is 8.52. The maximum Gasteiger partial charge on any atom is 0.255 e. The molecule has 0 saturated heterocycles. The molecule has 0 unspecified atom stereocenters. The van der Waals surface area contributed by atoms with Gasteiger partial charge in [0, 0.05) is 6.07 Å². The highest BCUT2D eigenvalue weighted by atomic mass is 32.2. The average Bonchev–Trinajstić information content (AvgIpc) is 2.78. The zero-order valence-corrected chi connectivity index (χ0v) is 9.34. The molecule has 0 bridgehead atoms. The number of hydrogen-bond donors (Lipinski definition) is 0. The second-order valence-corrected chi connectivity index (χ2v) is 4.06. The molecule has 6 heteroatoms. The van der Waals surface area contributed by atoms with Gasteiger partial charge in [-0.15, -0.1) is 0 Å². The summed E-state index contributed by atoms with van der Waals surface area (Å²) in [6, 6.07) is 2.86. The van der Waals surface area contributed by atoms with Gasteiger partial charge in [-0.25, -0.2) is 13.8 Å². The first-order valence-corrected chi connectivity index (χ1v) is 5.66. The Morgan fingerprint density at radius 2 is 2.24 bits per heavy atom. The molecule has 0 atom stereocenters. The lowest BCUT2D eigenvalue weighted by molar-refractivity contribution is 0.101. The number of ketones is 1. The predicted molar refractivity (Wildman–Crippen MR) is 57.9 cm³/mol. The topological polar surface area (TPSA) is 43.1 Å². The number of oxazole rings is 1. The zero-order chi connectivity index (χ0) is 12.3. The molecule has 1 heterocycles. The minimum absolute atomic E-state index is 0.0108. The lowest BCUT2D eigenvalue weighted by Gasteiger charge is -2.00. The number of aromatic nitrogens is 1. The second-order valence-electron chi connectivity index (χ2n) is 3.13.